The van der Waals surface area contributed by atoms with Crippen LogP contribution >= 0.6 is 0 Å². The molecule has 3 aromatic rings. The average Bonchev–Trinajstić information content (AvgIpc) is 2.88. The van der Waals surface area contributed by atoms with Crippen LogP contribution in [0, 0.1) is 13.8 Å². The summed E-state index contributed by atoms with van der Waals surface area (Å²) >= 11 is 0. The molecule has 0 unspecified atom stereocenters. The van der Waals surface area contributed by atoms with E-state index in [1.165, 1.54) is 0 Å². The minimum atomic E-state index is 0.752. The van der Waals surface area contributed by atoms with Gasteiger partial charge in [-0.15, -0.1) is 0 Å². The normalized spacial score (nSPS) is 11.2. The maximum absolute atomic E-state index is 5.17. The van der Waals surface area contributed by atoms with Crippen molar-refractivity contribution in [1.29, 1.82) is 0 Å². The minimum Gasteiger partial charge on any atom is -0.361 e. The van der Waals surface area contributed by atoms with Crippen LogP contribution in [-0.2, 0) is 6.54 Å². The van der Waals surface area contributed by atoms with E-state index in [0.717, 1.165) is 34.6 Å². The number of fused-ring (bicyclic) bond motifs is 1. The van der Waals surface area contributed by atoms with Crippen molar-refractivity contribution in [2.75, 3.05) is 0 Å². The second-order valence-electron chi connectivity index (χ2n) is 4.16. The van der Waals surface area contributed by atoms with Crippen LogP contribution in [0.4, 0.5) is 0 Å². The van der Waals surface area contributed by atoms with Crippen molar-refractivity contribution < 1.29 is 4.52 Å². The monoisotopic (exact) mass is 227 g/mol. The Morgan fingerprint density at radius 2 is 2.18 bits per heavy atom. The molecule has 17 heavy (non-hydrogen) atoms. The van der Waals surface area contributed by atoms with E-state index in [1.807, 2.05) is 32.3 Å². The van der Waals surface area contributed by atoms with Gasteiger partial charge in [-0.25, -0.2) is 4.98 Å². The van der Waals surface area contributed by atoms with Crippen molar-refractivity contribution in [3.8, 4) is 0 Å². The predicted octanol–water partition coefficient (Wildman–Crippen LogP) is 2.69. The molecule has 0 fully saturated rings. The maximum atomic E-state index is 5.17. The van der Waals surface area contributed by atoms with Gasteiger partial charge in [0.25, 0.3) is 0 Å². The van der Waals surface area contributed by atoms with Crippen molar-refractivity contribution in [2.45, 2.75) is 20.4 Å². The zero-order valence-corrected chi connectivity index (χ0v) is 9.84. The summed E-state index contributed by atoms with van der Waals surface area (Å²) in [6, 6.07) is 6.08. The first-order chi connectivity index (χ1) is 8.25. The molecule has 0 saturated carbocycles. The van der Waals surface area contributed by atoms with E-state index in [1.54, 1.807) is 0 Å². The summed E-state index contributed by atoms with van der Waals surface area (Å²) in [6.07, 6.45) is 3.86. The predicted molar refractivity (Wildman–Crippen MR) is 64.8 cm³/mol. The lowest BCUT2D eigenvalue weighted by molar-refractivity contribution is 0.392. The molecule has 3 aromatic heterocycles. The van der Waals surface area contributed by atoms with E-state index in [9.17, 15) is 0 Å². The Bertz CT molecular complexity index is 647. The molecule has 0 aliphatic rings. The van der Waals surface area contributed by atoms with Crippen molar-refractivity contribution in [1.82, 2.24) is 14.7 Å². The molecule has 0 amide bonds. The van der Waals surface area contributed by atoms with Crippen molar-refractivity contribution in [3.63, 3.8) is 0 Å². The van der Waals surface area contributed by atoms with Crippen molar-refractivity contribution >= 4 is 11.0 Å². The Morgan fingerprint density at radius 1 is 1.29 bits per heavy atom. The van der Waals surface area contributed by atoms with Crippen LogP contribution in [0.1, 0.15) is 17.0 Å². The summed E-state index contributed by atoms with van der Waals surface area (Å²) in [4.78, 5) is 4.39. The van der Waals surface area contributed by atoms with E-state index >= 15 is 0 Å². The largest absolute Gasteiger partial charge is 0.361 e. The quantitative estimate of drug-likeness (QED) is 0.676. The van der Waals surface area contributed by atoms with E-state index in [0.29, 0.717) is 0 Å². The van der Waals surface area contributed by atoms with Gasteiger partial charge in [0.15, 0.2) is 0 Å². The summed E-state index contributed by atoms with van der Waals surface area (Å²) in [5.74, 6) is 0.875. The van der Waals surface area contributed by atoms with Gasteiger partial charge in [0.2, 0.25) is 0 Å². The molecule has 0 aliphatic heterocycles. The van der Waals surface area contributed by atoms with Gasteiger partial charge in [0.05, 0.1) is 12.2 Å². The number of pyridine rings is 1. The van der Waals surface area contributed by atoms with Crippen LogP contribution < -0.4 is 0 Å². The third kappa shape index (κ3) is 1.62. The lowest BCUT2D eigenvalue weighted by Gasteiger charge is -2.03. The first kappa shape index (κ1) is 10.1. The van der Waals surface area contributed by atoms with Crippen LogP contribution in [0.2, 0.25) is 0 Å². The summed E-state index contributed by atoms with van der Waals surface area (Å²) in [7, 11) is 0. The van der Waals surface area contributed by atoms with Gasteiger partial charge in [0, 0.05) is 23.3 Å². The number of aromatic nitrogens is 3. The molecule has 0 aromatic carbocycles. The third-order valence-corrected chi connectivity index (χ3v) is 3.03. The summed E-state index contributed by atoms with van der Waals surface area (Å²) < 4.78 is 7.29. The first-order valence-electron chi connectivity index (χ1n) is 5.57. The standard InChI is InChI=1S/C13H13N3O/c1-9-12(10(2)17-15-9)8-16-7-5-11-4-3-6-14-13(11)16/h3-7H,8H2,1-2H3. The zero-order chi connectivity index (χ0) is 11.8. The van der Waals surface area contributed by atoms with Crippen molar-refractivity contribution in [3.05, 3.63) is 47.6 Å². The molecular weight excluding hydrogens is 214 g/mol. The molecule has 0 aliphatic carbocycles. The fourth-order valence-electron chi connectivity index (χ4n) is 2.05. The fourth-order valence-corrected chi connectivity index (χ4v) is 2.05. The van der Waals surface area contributed by atoms with Crippen LogP contribution in [0.3, 0.4) is 0 Å². The Hall–Kier alpha value is -2.10. The first-order valence-corrected chi connectivity index (χ1v) is 5.57. The highest BCUT2D eigenvalue weighted by atomic mass is 16.5. The SMILES string of the molecule is Cc1noc(C)c1Cn1ccc2cccnc21. The summed E-state index contributed by atoms with van der Waals surface area (Å²) in [6.45, 7) is 4.65. The van der Waals surface area contributed by atoms with Gasteiger partial charge >= 0.3 is 0 Å². The topological polar surface area (TPSA) is 43.9 Å². The number of hydrogen-bond donors (Lipinski definition) is 0. The lowest BCUT2D eigenvalue weighted by Crippen LogP contribution is -2.00. The Kier molecular flexibility index (Phi) is 2.21. The van der Waals surface area contributed by atoms with Gasteiger partial charge in [-0.3, -0.25) is 0 Å². The molecule has 0 atom stereocenters. The van der Waals surface area contributed by atoms with E-state index < -0.39 is 0 Å². The Labute approximate surface area is 98.9 Å². The van der Waals surface area contributed by atoms with Gasteiger partial charge in [-0.2, -0.15) is 0 Å². The number of nitrogens with zero attached hydrogens (tertiary/aromatic N) is 3. The third-order valence-electron chi connectivity index (χ3n) is 3.03. The van der Waals surface area contributed by atoms with Crippen LogP contribution in [0.5, 0.6) is 0 Å². The molecular formula is C13H13N3O. The van der Waals surface area contributed by atoms with E-state index in [2.05, 4.69) is 26.8 Å². The molecule has 4 nitrogen and oxygen atoms in total. The smallest absolute Gasteiger partial charge is 0.140 e. The zero-order valence-electron chi connectivity index (χ0n) is 9.84. The Balaban J connectivity index is 2.06. The second kappa shape index (κ2) is 3.73. The van der Waals surface area contributed by atoms with Crippen LogP contribution in [0.15, 0.2) is 35.1 Å². The highest BCUT2D eigenvalue weighted by Gasteiger charge is 2.10. The van der Waals surface area contributed by atoms with Crippen LogP contribution in [-0.4, -0.2) is 14.7 Å². The summed E-state index contributed by atoms with van der Waals surface area (Å²) in [5.41, 5.74) is 3.07. The minimum absolute atomic E-state index is 0.752. The number of hydrogen-bond acceptors (Lipinski definition) is 3. The molecule has 3 heterocycles. The molecule has 0 spiro atoms. The van der Waals surface area contributed by atoms with Gasteiger partial charge in [0.1, 0.15) is 11.4 Å². The molecule has 0 radical (unpaired) electrons. The molecule has 0 bridgehead atoms. The number of aryl methyl sites for hydroxylation is 2. The molecule has 86 valence electrons. The fraction of sp³-hybridized carbons (Fsp3) is 0.231. The van der Waals surface area contributed by atoms with Gasteiger partial charge < -0.3 is 9.09 Å². The highest BCUT2D eigenvalue weighted by molar-refractivity contribution is 5.75. The second-order valence-corrected chi connectivity index (χ2v) is 4.16. The molecule has 0 saturated heterocycles. The molecule has 4 heteroatoms. The Morgan fingerprint density at radius 3 is 2.94 bits per heavy atom. The van der Waals surface area contributed by atoms with Gasteiger partial charge in [-0.1, -0.05) is 5.16 Å². The molecule has 0 N–H and O–H groups in total. The summed E-state index contributed by atoms with van der Waals surface area (Å²) in [5, 5.41) is 5.12. The van der Waals surface area contributed by atoms with E-state index in [4.69, 9.17) is 4.52 Å². The van der Waals surface area contributed by atoms with Gasteiger partial charge in [-0.05, 0) is 32.0 Å². The van der Waals surface area contributed by atoms with E-state index in [-0.39, 0.29) is 0 Å². The molecule has 3 rings (SSSR count). The number of rotatable bonds is 2. The van der Waals surface area contributed by atoms with Crippen LogP contribution in [0.25, 0.3) is 11.0 Å². The van der Waals surface area contributed by atoms with Crippen molar-refractivity contribution in [2.24, 2.45) is 0 Å². The lowest BCUT2D eigenvalue weighted by atomic mass is 10.2. The average molecular weight is 227 g/mol. The maximum Gasteiger partial charge on any atom is 0.140 e. The highest BCUT2D eigenvalue weighted by Crippen LogP contribution is 2.18.